The van der Waals surface area contributed by atoms with Gasteiger partial charge in [0.1, 0.15) is 11.6 Å². The zero-order chi connectivity index (χ0) is 12.5. The van der Waals surface area contributed by atoms with E-state index in [1.165, 1.54) is 12.1 Å². The molecule has 1 atom stereocenters. The van der Waals surface area contributed by atoms with Crippen LogP contribution in [0, 0.1) is 11.6 Å². The summed E-state index contributed by atoms with van der Waals surface area (Å²) in [6.45, 7) is 1.83. The summed E-state index contributed by atoms with van der Waals surface area (Å²) in [5.74, 6) is -0.808. The van der Waals surface area contributed by atoms with Gasteiger partial charge in [0.05, 0.1) is 12.0 Å². The highest BCUT2D eigenvalue weighted by molar-refractivity contribution is 5.36. The molecule has 0 amide bonds. The summed E-state index contributed by atoms with van der Waals surface area (Å²) >= 11 is 0. The Bertz CT molecular complexity index is 559. The molecule has 1 unspecified atom stereocenters. The molecule has 1 N–H and O–H groups in total. The molecule has 3 nitrogen and oxygen atoms in total. The van der Waals surface area contributed by atoms with Crippen molar-refractivity contribution >= 4 is 0 Å². The molecular weight excluding hydrogens is 236 g/mol. The van der Waals surface area contributed by atoms with Gasteiger partial charge in [0.25, 0.3) is 0 Å². The molecule has 0 spiro atoms. The molecule has 0 aliphatic carbocycles. The third kappa shape index (κ3) is 1.90. The van der Waals surface area contributed by atoms with Gasteiger partial charge in [0.15, 0.2) is 0 Å². The quantitative estimate of drug-likeness (QED) is 0.884. The third-order valence-corrected chi connectivity index (χ3v) is 3.31. The Morgan fingerprint density at radius 2 is 2.22 bits per heavy atom. The maximum atomic E-state index is 13.8. The van der Waals surface area contributed by atoms with Gasteiger partial charge in [-0.3, -0.25) is 0 Å². The summed E-state index contributed by atoms with van der Waals surface area (Å²) in [5, 5.41) is 3.27. The molecule has 1 aromatic carbocycles. The number of hydrogen-bond acceptors (Lipinski definition) is 2. The normalized spacial score (nSPS) is 19.3. The fourth-order valence-corrected chi connectivity index (χ4v) is 2.39. The molecule has 0 bridgehead atoms. The van der Waals surface area contributed by atoms with E-state index < -0.39 is 11.6 Å². The summed E-state index contributed by atoms with van der Waals surface area (Å²) in [5.41, 5.74) is 1.31. The molecule has 1 aliphatic rings. The lowest BCUT2D eigenvalue weighted by molar-refractivity contribution is 0.574. The summed E-state index contributed by atoms with van der Waals surface area (Å²) in [4.78, 5) is 4.08. The van der Waals surface area contributed by atoms with E-state index in [0.717, 1.165) is 31.3 Å². The van der Waals surface area contributed by atoms with Crippen LogP contribution in [0.1, 0.15) is 18.0 Å². The van der Waals surface area contributed by atoms with Crippen molar-refractivity contribution in [3.05, 3.63) is 48.1 Å². The SMILES string of the molecule is Fc1ccc(-n2cncc2C2CCNC2)c(F)c1. The smallest absolute Gasteiger partial charge is 0.150 e. The van der Waals surface area contributed by atoms with E-state index in [9.17, 15) is 8.78 Å². The van der Waals surface area contributed by atoms with Crippen LogP contribution in [0.2, 0.25) is 0 Å². The number of nitrogens with zero attached hydrogens (tertiary/aromatic N) is 2. The Morgan fingerprint density at radius 1 is 1.33 bits per heavy atom. The van der Waals surface area contributed by atoms with Crippen LogP contribution in [0.4, 0.5) is 8.78 Å². The highest BCUT2D eigenvalue weighted by Crippen LogP contribution is 2.25. The predicted octanol–water partition coefficient (Wildman–Crippen LogP) is 2.23. The molecule has 0 saturated carbocycles. The van der Waals surface area contributed by atoms with E-state index in [0.29, 0.717) is 11.6 Å². The van der Waals surface area contributed by atoms with Crippen LogP contribution in [-0.2, 0) is 0 Å². The fourth-order valence-electron chi connectivity index (χ4n) is 2.39. The zero-order valence-corrected chi connectivity index (χ0v) is 9.74. The van der Waals surface area contributed by atoms with Gasteiger partial charge >= 0.3 is 0 Å². The van der Waals surface area contributed by atoms with Crippen molar-refractivity contribution in [2.45, 2.75) is 12.3 Å². The summed E-state index contributed by atoms with van der Waals surface area (Å²) in [6.07, 6.45) is 4.33. The average molecular weight is 249 g/mol. The largest absolute Gasteiger partial charge is 0.316 e. The first-order chi connectivity index (χ1) is 8.75. The number of imidazole rings is 1. The van der Waals surface area contributed by atoms with Crippen LogP contribution in [0.15, 0.2) is 30.7 Å². The van der Waals surface area contributed by atoms with Crippen molar-refractivity contribution < 1.29 is 8.78 Å². The standard InChI is InChI=1S/C13H13F2N3/c14-10-1-2-12(11(15)5-10)18-8-17-7-13(18)9-3-4-16-6-9/h1-2,5,7-9,16H,3-4,6H2. The number of hydrogen-bond donors (Lipinski definition) is 1. The lowest BCUT2D eigenvalue weighted by Gasteiger charge is -2.13. The van der Waals surface area contributed by atoms with Crippen molar-refractivity contribution in [1.29, 1.82) is 0 Å². The van der Waals surface area contributed by atoms with Gasteiger partial charge in [-0.1, -0.05) is 0 Å². The highest BCUT2D eigenvalue weighted by Gasteiger charge is 2.21. The molecule has 2 heterocycles. The van der Waals surface area contributed by atoms with Gasteiger partial charge in [0, 0.05) is 30.4 Å². The van der Waals surface area contributed by atoms with Gasteiger partial charge in [-0.2, -0.15) is 0 Å². The number of halogens is 2. The van der Waals surface area contributed by atoms with Crippen LogP contribution in [0.25, 0.3) is 5.69 Å². The third-order valence-electron chi connectivity index (χ3n) is 3.31. The maximum Gasteiger partial charge on any atom is 0.150 e. The van der Waals surface area contributed by atoms with Crippen molar-refractivity contribution in [2.24, 2.45) is 0 Å². The summed E-state index contributed by atoms with van der Waals surface area (Å²) in [6, 6.07) is 3.60. The molecule has 1 aliphatic heterocycles. The Morgan fingerprint density at radius 3 is 2.94 bits per heavy atom. The van der Waals surface area contributed by atoms with Crippen LogP contribution >= 0.6 is 0 Å². The summed E-state index contributed by atoms with van der Waals surface area (Å²) in [7, 11) is 0. The van der Waals surface area contributed by atoms with E-state index in [4.69, 9.17) is 0 Å². The molecule has 2 aromatic rings. The van der Waals surface area contributed by atoms with Crippen molar-refractivity contribution in [3.8, 4) is 5.69 Å². The predicted molar refractivity (Wildman–Crippen MR) is 63.7 cm³/mol. The van der Waals surface area contributed by atoms with Gasteiger partial charge in [0.2, 0.25) is 0 Å². The Labute approximate surface area is 103 Å². The van der Waals surface area contributed by atoms with Gasteiger partial charge in [-0.15, -0.1) is 0 Å². The molecule has 1 aromatic heterocycles. The van der Waals surface area contributed by atoms with Gasteiger partial charge < -0.3 is 9.88 Å². The number of aromatic nitrogens is 2. The first-order valence-corrected chi connectivity index (χ1v) is 5.94. The Kier molecular flexibility index (Phi) is 2.83. The second-order valence-electron chi connectivity index (χ2n) is 4.47. The molecule has 3 rings (SSSR count). The van der Waals surface area contributed by atoms with Gasteiger partial charge in [-0.05, 0) is 25.1 Å². The van der Waals surface area contributed by atoms with Gasteiger partial charge in [-0.25, -0.2) is 13.8 Å². The number of benzene rings is 1. The number of nitrogens with one attached hydrogen (secondary N) is 1. The van der Waals surface area contributed by atoms with Crippen LogP contribution in [0.3, 0.4) is 0 Å². The molecule has 18 heavy (non-hydrogen) atoms. The van der Waals surface area contributed by atoms with Crippen molar-refractivity contribution in [1.82, 2.24) is 14.9 Å². The van der Waals surface area contributed by atoms with Crippen LogP contribution in [0.5, 0.6) is 0 Å². The summed E-state index contributed by atoms with van der Waals surface area (Å²) < 4.78 is 28.4. The van der Waals surface area contributed by atoms with Crippen LogP contribution < -0.4 is 5.32 Å². The fraction of sp³-hybridized carbons (Fsp3) is 0.308. The topological polar surface area (TPSA) is 29.9 Å². The van der Waals surface area contributed by atoms with Crippen molar-refractivity contribution in [2.75, 3.05) is 13.1 Å². The number of rotatable bonds is 2. The average Bonchev–Trinajstić information content (AvgIpc) is 2.98. The van der Waals surface area contributed by atoms with Crippen molar-refractivity contribution in [3.63, 3.8) is 0 Å². The van der Waals surface area contributed by atoms with Crippen LogP contribution in [-0.4, -0.2) is 22.6 Å². The first kappa shape index (κ1) is 11.3. The van der Waals surface area contributed by atoms with E-state index in [2.05, 4.69) is 10.3 Å². The minimum absolute atomic E-state index is 0.331. The molecule has 1 saturated heterocycles. The minimum Gasteiger partial charge on any atom is -0.316 e. The highest BCUT2D eigenvalue weighted by atomic mass is 19.1. The Balaban J connectivity index is 2.03. The molecule has 94 valence electrons. The van der Waals surface area contributed by atoms with E-state index in [1.807, 2.05) is 0 Å². The lowest BCUT2D eigenvalue weighted by Crippen LogP contribution is -2.11. The Hall–Kier alpha value is -1.75. The molecular formula is C13H13F2N3. The lowest BCUT2D eigenvalue weighted by atomic mass is 10.1. The zero-order valence-electron chi connectivity index (χ0n) is 9.74. The molecule has 1 fully saturated rings. The first-order valence-electron chi connectivity index (χ1n) is 5.94. The second-order valence-corrected chi connectivity index (χ2v) is 4.47. The van der Waals surface area contributed by atoms with E-state index in [-0.39, 0.29) is 0 Å². The van der Waals surface area contributed by atoms with E-state index in [1.54, 1.807) is 17.1 Å². The van der Waals surface area contributed by atoms with E-state index >= 15 is 0 Å². The maximum absolute atomic E-state index is 13.8. The molecule has 0 radical (unpaired) electrons. The molecule has 5 heteroatoms. The monoisotopic (exact) mass is 249 g/mol. The minimum atomic E-state index is -0.569. The second kappa shape index (κ2) is 4.49.